The monoisotopic (exact) mass is 307 g/mol. The number of carbonyl (C=O) groups excluding carboxylic acids is 1. The molecular formula is C20H21NO2. The van der Waals surface area contributed by atoms with Crippen molar-refractivity contribution in [3.63, 3.8) is 0 Å². The smallest absolute Gasteiger partial charge is 0.237 e. The maximum atomic E-state index is 13.2. The van der Waals surface area contributed by atoms with Crippen molar-refractivity contribution in [1.82, 2.24) is 4.90 Å². The van der Waals surface area contributed by atoms with Gasteiger partial charge in [0.1, 0.15) is 17.3 Å². The van der Waals surface area contributed by atoms with Gasteiger partial charge in [0, 0.05) is 19.5 Å². The molecule has 1 saturated heterocycles. The van der Waals surface area contributed by atoms with Gasteiger partial charge in [-0.3, -0.25) is 4.79 Å². The fourth-order valence-electron chi connectivity index (χ4n) is 3.63. The second-order valence-electron chi connectivity index (χ2n) is 6.46. The van der Waals surface area contributed by atoms with E-state index >= 15 is 0 Å². The Morgan fingerprint density at radius 3 is 2.22 bits per heavy atom. The van der Waals surface area contributed by atoms with Gasteiger partial charge < -0.3 is 9.64 Å². The third-order valence-corrected chi connectivity index (χ3v) is 4.98. The summed E-state index contributed by atoms with van der Waals surface area (Å²) in [4.78, 5) is 15.2. The molecule has 0 spiro atoms. The molecule has 1 saturated carbocycles. The van der Waals surface area contributed by atoms with Crippen LogP contribution in [-0.2, 0) is 10.2 Å². The van der Waals surface area contributed by atoms with E-state index in [9.17, 15) is 4.79 Å². The Kier molecular flexibility index (Phi) is 3.56. The number of hydrogen-bond acceptors (Lipinski definition) is 2. The predicted molar refractivity (Wildman–Crippen MR) is 89.4 cm³/mol. The van der Waals surface area contributed by atoms with Gasteiger partial charge in [0.2, 0.25) is 5.91 Å². The molecule has 2 aromatic rings. The fourth-order valence-corrected chi connectivity index (χ4v) is 3.63. The average molecular weight is 307 g/mol. The van der Waals surface area contributed by atoms with Gasteiger partial charge in [-0.2, -0.15) is 0 Å². The van der Waals surface area contributed by atoms with Crippen LogP contribution >= 0.6 is 0 Å². The normalized spacial score (nSPS) is 26.1. The Bertz CT molecular complexity index is 679. The van der Waals surface area contributed by atoms with Gasteiger partial charge >= 0.3 is 0 Å². The first kappa shape index (κ1) is 14.3. The van der Waals surface area contributed by atoms with Gasteiger partial charge in [-0.15, -0.1) is 0 Å². The summed E-state index contributed by atoms with van der Waals surface area (Å²) in [5, 5.41) is 0. The number of para-hydroxylation sites is 1. The molecule has 1 amide bonds. The Morgan fingerprint density at radius 1 is 0.957 bits per heavy atom. The first-order valence-electron chi connectivity index (χ1n) is 8.37. The number of carbonyl (C=O) groups is 1. The minimum atomic E-state index is -0.499. The second kappa shape index (κ2) is 5.73. The molecule has 118 valence electrons. The lowest BCUT2D eigenvalue weighted by Gasteiger charge is -2.24. The van der Waals surface area contributed by atoms with E-state index in [1.807, 2.05) is 53.4 Å². The summed E-state index contributed by atoms with van der Waals surface area (Å²) in [6.07, 6.45) is 2.92. The lowest BCUT2D eigenvalue weighted by atomic mass is 9.94. The molecule has 0 radical (unpaired) electrons. The molecule has 2 aromatic carbocycles. The summed E-state index contributed by atoms with van der Waals surface area (Å²) in [6.45, 7) is 1.76. The lowest BCUT2D eigenvalue weighted by molar-refractivity contribution is -0.133. The minimum absolute atomic E-state index is 0.0691. The van der Waals surface area contributed by atoms with Crippen molar-refractivity contribution in [2.24, 2.45) is 0 Å². The lowest BCUT2D eigenvalue weighted by Crippen LogP contribution is -2.40. The van der Waals surface area contributed by atoms with E-state index in [-0.39, 0.29) is 12.0 Å². The summed E-state index contributed by atoms with van der Waals surface area (Å²) in [7, 11) is 0. The number of benzene rings is 2. The maximum absolute atomic E-state index is 13.2. The standard InChI is InChI=1S/C20H21NO2/c22-19(21-13-7-8-14-21)20(16-9-3-1-4-10-16)15-18(20)23-17-11-5-2-6-12-17/h1-6,9-12,18H,7-8,13-15H2/t18-,20-/m0/s1. The van der Waals surface area contributed by atoms with Crippen molar-refractivity contribution in [3.05, 3.63) is 66.2 Å². The van der Waals surface area contributed by atoms with Gasteiger partial charge in [-0.1, -0.05) is 48.5 Å². The number of ether oxygens (including phenoxy) is 1. The first-order valence-corrected chi connectivity index (χ1v) is 8.37. The molecule has 0 bridgehead atoms. The molecule has 1 aliphatic heterocycles. The SMILES string of the molecule is O=C(N1CCCC1)[C@]1(c2ccccc2)C[C@@H]1Oc1ccccc1. The average Bonchev–Trinajstić information content (AvgIpc) is 3.07. The summed E-state index contributed by atoms with van der Waals surface area (Å²) in [5.41, 5.74) is 0.583. The molecule has 4 rings (SSSR count). The van der Waals surface area contributed by atoms with Crippen molar-refractivity contribution >= 4 is 5.91 Å². The fraction of sp³-hybridized carbons (Fsp3) is 0.350. The van der Waals surface area contributed by atoms with Crippen LogP contribution in [0.25, 0.3) is 0 Å². The van der Waals surface area contributed by atoms with Crippen LogP contribution in [-0.4, -0.2) is 30.0 Å². The largest absolute Gasteiger partial charge is 0.489 e. The van der Waals surface area contributed by atoms with E-state index in [2.05, 4.69) is 12.1 Å². The molecule has 0 aromatic heterocycles. The van der Waals surface area contributed by atoms with Gasteiger partial charge in [-0.25, -0.2) is 0 Å². The van der Waals surface area contributed by atoms with Crippen LogP contribution in [0.3, 0.4) is 0 Å². The summed E-state index contributed by atoms with van der Waals surface area (Å²) >= 11 is 0. The van der Waals surface area contributed by atoms with Crippen LogP contribution in [0.5, 0.6) is 5.75 Å². The van der Waals surface area contributed by atoms with E-state index in [0.29, 0.717) is 0 Å². The zero-order valence-electron chi connectivity index (χ0n) is 13.2. The Morgan fingerprint density at radius 2 is 1.57 bits per heavy atom. The van der Waals surface area contributed by atoms with Crippen LogP contribution < -0.4 is 4.74 Å². The van der Waals surface area contributed by atoms with E-state index < -0.39 is 5.41 Å². The van der Waals surface area contributed by atoms with Crippen molar-refractivity contribution in [2.45, 2.75) is 30.8 Å². The molecule has 0 unspecified atom stereocenters. The molecule has 1 heterocycles. The highest BCUT2D eigenvalue weighted by Crippen LogP contribution is 2.52. The summed E-state index contributed by atoms with van der Waals surface area (Å²) < 4.78 is 6.13. The third kappa shape index (κ3) is 2.50. The second-order valence-corrected chi connectivity index (χ2v) is 6.46. The number of amides is 1. The Balaban J connectivity index is 1.62. The summed E-state index contributed by atoms with van der Waals surface area (Å²) in [6, 6.07) is 19.9. The molecule has 23 heavy (non-hydrogen) atoms. The van der Waals surface area contributed by atoms with E-state index in [1.54, 1.807) is 0 Å². The third-order valence-electron chi connectivity index (χ3n) is 4.98. The van der Waals surface area contributed by atoms with Gasteiger partial charge in [0.15, 0.2) is 0 Å². The van der Waals surface area contributed by atoms with Crippen LogP contribution in [0.4, 0.5) is 0 Å². The molecular weight excluding hydrogens is 286 g/mol. The summed E-state index contributed by atoms with van der Waals surface area (Å²) in [5.74, 6) is 1.08. The molecule has 3 nitrogen and oxygen atoms in total. The molecule has 3 heteroatoms. The number of nitrogens with zero attached hydrogens (tertiary/aromatic N) is 1. The number of hydrogen-bond donors (Lipinski definition) is 0. The first-order chi connectivity index (χ1) is 11.3. The van der Waals surface area contributed by atoms with Crippen molar-refractivity contribution < 1.29 is 9.53 Å². The highest BCUT2D eigenvalue weighted by molar-refractivity contribution is 5.93. The van der Waals surface area contributed by atoms with Crippen LogP contribution in [0.2, 0.25) is 0 Å². The van der Waals surface area contributed by atoms with Gasteiger partial charge in [-0.05, 0) is 30.5 Å². The van der Waals surface area contributed by atoms with Crippen LogP contribution in [0, 0.1) is 0 Å². The maximum Gasteiger partial charge on any atom is 0.237 e. The van der Waals surface area contributed by atoms with Crippen molar-refractivity contribution in [1.29, 1.82) is 0 Å². The van der Waals surface area contributed by atoms with Crippen molar-refractivity contribution in [3.8, 4) is 5.75 Å². The molecule has 2 atom stereocenters. The van der Waals surface area contributed by atoms with Crippen LogP contribution in [0.1, 0.15) is 24.8 Å². The van der Waals surface area contributed by atoms with Crippen LogP contribution in [0.15, 0.2) is 60.7 Å². The Hall–Kier alpha value is -2.29. The highest BCUT2D eigenvalue weighted by Gasteiger charge is 2.64. The number of likely N-dealkylation sites (tertiary alicyclic amines) is 1. The van der Waals surface area contributed by atoms with E-state index in [4.69, 9.17) is 4.74 Å². The zero-order chi connectivity index (χ0) is 15.7. The van der Waals surface area contributed by atoms with Gasteiger partial charge in [0.25, 0.3) is 0 Å². The quantitative estimate of drug-likeness (QED) is 0.866. The Labute approximate surface area is 136 Å². The minimum Gasteiger partial charge on any atom is -0.489 e. The number of rotatable bonds is 4. The molecule has 2 fully saturated rings. The predicted octanol–water partition coefficient (Wildman–Crippen LogP) is 3.40. The van der Waals surface area contributed by atoms with Crippen molar-refractivity contribution in [2.75, 3.05) is 13.1 Å². The molecule has 1 aliphatic carbocycles. The molecule has 0 N–H and O–H groups in total. The van der Waals surface area contributed by atoms with E-state index in [0.717, 1.165) is 43.7 Å². The zero-order valence-corrected chi connectivity index (χ0v) is 13.2. The van der Waals surface area contributed by atoms with Gasteiger partial charge in [0.05, 0.1) is 0 Å². The molecule has 2 aliphatic rings. The highest BCUT2D eigenvalue weighted by atomic mass is 16.5. The van der Waals surface area contributed by atoms with E-state index in [1.165, 1.54) is 0 Å². The topological polar surface area (TPSA) is 29.5 Å².